The van der Waals surface area contributed by atoms with E-state index in [1.165, 1.54) is 18.2 Å². The Hall–Kier alpha value is -4.11. The van der Waals surface area contributed by atoms with E-state index in [4.69, 9.17) is 21.1 Å². The number of allylic oxidation sites excluding steroid dienone is 1. The van der Waals surface area contributed by atoms with Crippen molar-refractivity contribution >= 4 is 56.2 Å². The van der Waals surface area contributed by atoms with Gasteiger partial charge in [-0.15, -0.1) is 0 Å². The summed E-state index contributed by atoms with van der Waals surface area (Å²) in [7, 11) is -2.42. The number of carbonyl (C=O) groups is 4. The van der Waals surface area contributed by atoms with Crippen molar-refractivity contribution in [2.75, 3.05) is 13.7 Å². The number of aromatic nitrogens is 1. The second-order valence-corrected chi connectivity index (χ2v) is 16.3. The number of carboxylic acid groups (broad SMARTS) is 1. The summed E-state index contributed by atoms with van der Waals surface area (Å²) in [6.07, 6.45) is 6.15. The number of hydrogen-bond acceptors (Lipinski definition) is 9. The van der Waals surface area contributed by atoms with Crippen LogP contribution in [-0.4, -0.2) is 89.9 Å². The summed E-state index contributed by atoms with van der Waals surface area (Å²) in [6, 6.07) is 2.85. The zero-order chi connectivity index (χ0) is 36.0. The fourth-order valence-electron chi connectivity index (χ4n) is 7.06. The van der Waals surface area contributed by atoms with Crippen LogP contribution in [0.4, 0.5) is 4.79 Å². The molecule has 4 aliphatic rings. The van der Waals surface area contributed by atoms with Gasteiger partial charge in [0.15, 0.2) is 0 Å². The molecular formula is C34H42ClN5O9S. The van der Waals surface area contributed by atoms with Crippen LogP contribution in [0, 0.1) is 17.8 Å². The molecule has 2 aromatic rings. The van der Waals surface area contributed by atoms with Crippen LogP contribution in [0.1, 0.15) is 58.8 Å². The normalized spacial score (nSPS) is 30.3. The summed E-state index contributed by atoms with van der Waals surface area (Å²) in [4.78, 5) is 59.8. The minimum Gasteiger partial charge on any atom is -0.494 e. The molecule has 3 heterocycles. The molecule has 0 bridgehead atoms. The van der Waals surface area contributed by atoms with Crippen LogP contribution in [0.25, 0.3) is 10.8 Å². The van der Waals surface area contributed by atoms with Crippen molar-refractivity contribution in [1.82, 2.24) is 25.2 Å². The zero-order valence-corrected chi connectivity index (χ0v) is 29.6. The second kappa shape index (κ2) is 13.9. The number of rotatable bonds is 7. The number of carbonyl (C=O) groups excluding carboxylic acids is 3. The molecule has 270 valence electrons. The van der Waals surface area contributed by atoms with E-state index in [9.17, 15) is 32.7 Å². The number of nitrogens with zero attached hydrogens (tertiary/aromatic N) is 2. The summed E-state index contributed by atoms with van der Waals surface area (Å²) in [5.41, 5.74) is -1.54. The Labute approximate surface area is 295 Å². The Morgan fingerprint density at radius 1 is 1.14 bits per heavy atom. The van der Waals surface area contributed by atoms with Gasteiger partial charge in [-0.05, 0) is 56.1 Å². The summed E-state index contributed by atoms with van der Waals surface area (Å²) in [6.45, 7) is 3.71. The SMILES string of the molecule is COc1cnc(O[C@@H]2C[C@H]3C(=O)N[C@]4(C(=O)NS(=O)(=O)C5CC5)C[C@H]4C=CC(C)CCC[C@@H](C)[C@H](NC(=O)O)C(=O)N3C2)c2cccc(Cl)c12. The molecule has 50 heavy (non-hydrogen) atoms. The van der Waals surface area contributed by atoms with Gasteiger partial charge < -0.3 is 30.1 Å². The van der Waals surface area contributed by atoms with Crippen molar-refractivity contribution in [3.8, 4) is 11.6 Å². The van der Waals surface area contributed by atoms with Crippen molar-refractivity contribution < 1.29 is 42.2 Å². The molecule has 7 atom stereocenters. The third kappa shape index (κ3) is 7.20. The third-order valence-corrected chi connectivity index (χ3v) is 12.3. The third-order valence-electron chi connectivity index (χ3n) is 10.2. The van der Waals surface area contributed by atoms with E-state index >= 15 is 0 Å². The van der Waals surface area contributed by atoms with E-state index in [-0.39, 0.29) is 31.2 Å². The molecular weight excluding hydrogens is 690 g/mol. The van der Waals surface area contributed by atoms with E-state index in [0.717, 1.165) is 6.42 Å². The fraction of sp³-hybridized carbons (Fsp3) is 0.559. The lowest BCUT2D eigenvalue weighted by Gasteiger charge is -2.31. The monoisotopic (exact) mass is 731 g/mol. The molecule has 0 radical (unpaired) electrons. The first-order valence-corrected chi connectivity index (χ1v) is 18.8. The maximum Gasteiger partial charge on any atom is 0.405 e. The highest BCUT2D eigenvalue weighted by atomic mass is 35.5. The number of fused-ring (bicyclic) bond motifs is 3. The van der Waals surface area contributed by atoms with Gasteiger partial charge in [0, 0.05) is 23.1 Å². The molecule has 1 aromatic heterocycles. The van der Waals surface area contributed by atoms with Crippen molar-refractivity contribution in [3.05, 3.63) is 41.6 Å². The largest absolute Gasteiger partial charge is 0.494 e. The van der Waals surface area contributed by atoms with Crippen molar-refractivity contribution in [2.24, 2.45) is 17.8 Å². The average molecular weight is 732 g/mol. The van der Waals surface area contributed by atoms with Crippen LogP contribution >= 0.6 is 11.6 Å². The van der Waals surface area contributed by atoms with Crippen molar-refractivity contribution in [1.29, 1.82) is 0 Å². The van der Waals surface area contributed by atoms with Gasteiger partial charge in [-0.3, -0.25) is 19.1 Å². The number of sulfonamides is 1. The van der Waals surface area contributed by atoms with Gasteiger partial charge in [0.25, 0.3) is 5.91 Å². The lowest BCUT2D eigenvalue weighted by molar-refractivity contribution is -0.142. The van der Waals surface area contributed by atoms with Crippen LogP contribution in [0.3, 0.4) is 0 Å². The maximum atomic E-state index is 14.3. The average Bonchev–Trinajstić information content (AvgIpc) is 3.99. The molecule has 1 aromatic carbocycles. The van der Waals surface area contributed by atoms with Gasteiger partial charge in [-0.1, -0.05) is 50.1 Å². The Morgan fingerprint density at radius 3 is 2.60 bits per heavy atom. The lowest BCUT2D eigenvalue weighted by atomic mass is 9.92. The predicted octanol–water partition coefficient (Wildman–Crippen LogP) is 3.38. The first-order valence-electron chi connectivity index (χ1n) is 16.9. The number of nitrogens with one attached hydrogen (secondary N) is 3. The zero-order valence-electron chi connectivity index (χ0n) is 28.1. The summed E-state index contributed by atoms with van der Waals surface area (Å²) in [5.74, 6) is -2.28. The number of halogens is 1. The van der Waals surface area contributed by atoms with Gasteiger partial charge in [-0.2, -0.15) is 0 Å². The predicted molar refractivity (Wildman–Crippen MR) is 183 cm³/mol. The Morgan fingerprint density at radius 2 is 1.90 bits per heavy atom. The van der Waals surface area contributed by atoms with Crippen LogP contribution < -0.4 is 24.8 Å². The molecule has 3 fully saturated rings. The Bertz CT molecular complexity index is 1840. The Balaban J connectivity index is 1.34. The molecule has 0 spiro atoms. The summed E-state index contributed by atoms with van der Waals surface area (Å²) < 4.78 is 39.5. The van der Waals surface area contributed by atoms with E-state index in [1.54, 1.807) is 25.1 Å². The summed E-state index contributed by atoms with van der Waals surface area (Å²) >= 11 is 6.49. The van der Waals surface area contributed by atoms with Gasteiger partial charge in [0.1, 0.15) is 29.5 Å². The molecule has 14 nitrogen and oxygen atoms in total. The van der Waals surface area contributed by atoms with Gasteiger partial charge in [-0.25, -0.2) is 18.2 Å². The molecule has 2 saturated carbocycles. The van der Waals surface area contributed by atoms with Crippen molar-refractivity contribution in [2.45, 2.75) is 87.8 Å². The Kier molecular flexibility index (Phi) is 9.92. The molecule has 1 saturated heterocycles. The topological polar surface area (TPSA) is 193 Å². The first kappa shape index (κ1) is 35.7. The number of methoxy groups -OCH3 is 1. The molecule has 4 amide bonds. The first-order chi connectivity index (χ1) is 23.7. The highest BCUT2D eigenvalue weighted by molar-refractivity contribution is 7.91. The molecule has 2 aliphatic carbocycles. The van der Waals surface area contributed by atoms with E-state index in [2.05, 4.69) is 20.3 Å². The summed E-state index contributed by atoms with van der Waals surface area (Å²) in [5, 5.41) is 15.8. The number of pyridine rings is 1. The van der Waals surface area contributed by atoms with Crippen LogP contribution in [0.15, 0.2) is 36.5 Å². The number of hydrogen-bond donors (Lipinski definition) is 4. The number of ether oxygens (including phenoxy) is 2. The molecule has 4 N–H and O–H groups in total. The van der Waals surface area contributed by atoms with Crippen LogP contribution in [0.5, 0.6) is 11.6 Å². The second-order valence-electron chi connectivity index (χ2n) is 13.9. The molecule has 6 rings (SSSR count). The molecule has 2 aliphatic heterocycles. The maximum absolute atomic E-state index is 14.3. The highest BCUT2D eigenvalue weighted by Gasteiger charge is 2.62. The smallest absolute Gasteiger partial charge is 0.405 e. The fourth-order valence-corrected chi connectivity index (χ4v) is 8.69. The van der Waals surface area contributed by atoms with Gasteiger partial charge >= 0.3 is 6.09 Å². The van der Waals surface area contributed by atoms with Crippen LogP contribution in [-0.2, 0) is 24.4 Å². The van der Waals surface area contributed by atoms with E-state index in [1.807, 2.05) is 19.1 Å². The highest BCUT2D eigenvalue weighted by Crippen LogP contribution is 2.46. The lowest BCUT2D eigenvalue weighted by Crippen LogP contribution is -2.59. The molecule has 16 heteroatoms. The van der Waals surface area contributed by atoms with Gasteiger partial charge in [0.05, 0.1) is 30.1 Å². The minimum atomic E-state index is -3.91. The quantitative estimate of drug-likeness (QED) is 0.307. The van der Waals surface area contributed by atoms with Crippen molar-refractivity contribution in [3.63, 3.8) is 0 Å². The number of benzene rings is 1. The minimum absolute atomic E-state index is 0.0167. The van der Waals surface area contributed by atoms with Crippen LogP contribution in [0.2, 0.25) is 5.02 Å². The van der Waals surface area contributed by atoms with E-state index < -0.39 is 74.7 Å². The molecule has 1 unspecified atom stereocenters. The van der Waals surface area contributed by atoms with Gasteiger partial charge in [0.2, 0.25) is 27.7 Å². The standard InChI is InChI=1S/C34H42ClN5O9S/c1-18-6-4-7-19(2)28(37-33(44)45)31(42)40-17-21(49-30-23-8-5-9-24(35)27(23)26(48-3)16-36-30)14-25(40)29(41)38-34(15-20(34)11-10-18)32(43)39-50(46,47)22-12-13-22/h5,8-11,16,18-22,25,28,37H,4,6-7,12-15,17H2,1-3H3,(H,38,41)(H,39,43)(H,44,45)/t18?,19-,20-,21-,25+,28+,34-/m1/s1. The van der Waals surface area contributed by atoms with E-state index in [0.29, 0.717) is 47.2 Å². The number of amides is 4.